The first-order valence-electron chi connectivity index (χ1n) is 4.54. The molecule has 0 radical (unpaired) electrons. The normalized spacial score (nSPS) is 11.4. The van der Waals surface area contributed by atoms with E-state index in [9.17, 15) is 9.59 Å². The Kier molecular flexibility index (Phi) is 3.98. The van der Waals surface area contributed by atoms with E-state index >= 15 is 0 Å². The van der Waals surface area contributed by atoms with Crippen molar-refractivity contribution in [1.29, 1.82) is 0 Å². The fourth-order valence-electron chi connectivity index (χ4n) is 0.975. The molecule has 0 atom stereocenters. The Bertz CT molecular complexity index is 476. The monoisotopic (exact) mass is 368 g/mol. The van der Waals surface area contributed by atoms with Crippen molar-refractivity contribution in [2.45, 2.75) is 26.4 Å². The second-order valence-electron chi connectivity index (χ2n) is 4.15. The van der Waals surface area contributed by atoms with Gasteiger partial charge in [0.05, 0.1) is 0 Å². The highest BCUT2D eigenvalue weighted by atomic mass is 79.9. The number of ether oxygens (including phenoxy) is 1. The molecule has 0 aliphatic carbocycles. The van der Waals surface area contributed by atoms with E-state index in [2.05, 4.69) is 37.0 Å². The van der Waals surface area contributed by atoms with Crippen molar-refractivity contribution in [3.8, 4) is 0 Å². The van der Waals surface area contributed by atoms with E-state index in [0.717, 1.165) is 4.68 Å². The topological polar surface area (TPSA) is 81.4 Å². The Hall–Kier alpha value is -0.890. The van der Waals surface area contributed by atoms with Gasteiger partial charge in [0.1, 0.15) is 20.4 Å². The minimum Gasteiger partial charge on any atom is -0.477 e. The summed E-state index contributed by atoms with van der Waals surface area (Å²) in [6, 6.07) is 0. The molecule has 8 heteroatoms. The minimum absolute atomic E-state index is 0.0334. The van der Waals surface area contributed by atoms with Crippen molar-refractivity contribution >= 4 is 43.9 Å². The predicted octanol–water partition coefficient (Wildman–Crippen LogP) is 2.89. The molecule has 1 rings (SSSR count). The molecular formula is C9H10Br2N2O4. The number of aromatic carboxylic acids is 1. The smallest absolute Gasteiger partial charge is 0.436 e. The summed E-state index contributed by atoms with van der Waals surface area (Å²) in [6.07, 6.45) is -0.752. The van der Waals surface area contributed by atoms with Crippen LogP contribution in [0.1, 0.15) is 31.1 Å². The molecule has 0 aliphatic rings. The quantitative estimate of drug-likeness (QED) is 0.823. The summed E-state index contributed by atoms with van der Waals surface area (Å²) in [5.41, 5.74) is -0.811. The van der Waals surface area contributed by atoms with E-state index in [1.807, 2.05) is 0 Å². The van der Waals surface area contributed by atoms with Crippen LogP contribution in [0.25, 0.3) is 0 Å². The predicted molar refractivity (Wildman–Crippen MR) is 66.2 cm³/mol. The van der Waals surface area contributed by atoms with E-state index in [0.29, 0.717) is 0 Å². The van der Waals surface area contributed by atoms with Gasteiger partial charge in [0, 0.05) is 0 Å². The number of carbonyl (C=O) groups is 2. The molecule has 17 heavy (non-hydrogen) atoms. The lowest BCUT2D eigenvalue weighted by Gasteiger charge is -2.19. The molecule has 6 nitrogen and oxygen atoms in total. The van der Waals surface area contributed by atoms with Crippen molar-refractivity contribution < 1.29 is 19.4 Å². The molecule has 0 bridgehead atoms. The van der Waals surface area contributed by atoms with Gasteiger partial charge in [-0.05, 0) is 52.6 Å². The van der Waals surface area contributed by atoms with Crippen molar-refractivity contribution in [1.82, 2.24) is 9.78 Å². The molecule has 0 fully saturated rings. The van der Waals surface area contributed by atoms with E-state index < -0.39 is 17.7 Å². The van der Waals surface area contributed by atoms with Crippen LogP contribution in [0.15, 0.2) is 9.21 Å². The SMILES string of the molecule is CC(C)(C)OC(=O)n1nc(Br)c(C(=O)O)c1Br. The number of aromatic nitrogens is 2. The third-order valence-corrected chi connectivity index (χ3v) is 2.85. The summed E-state index contributed by atoms with van der Waals surface area (Å²) in [7, 11) is 0. The number of carbonyl (C=O) groups excluding carboxylic acids is 1. The van der Waals surface area contributed by atoms with Gasteiger partial charge in [-0.1, -0.05) is 0 Å². The third kappa shape index (κ3) is 3.29. The third-order valence-electron chi connectivity index (χ3n) is 1.57. The molecule has 1 N–H and O–H groups in total. The molecule has 1 aromatic heterocycles. The molecule has 0 amide bonds. The van der Waals surface area contributed by atoms with Gasteiger partial charge in [-0.25, -0.2) is 9.59 Å². The second-order valence-corrected chi connectivity index (χ2v) is 5.66. The zero-order chi connectivity index (χ0) is 13.4. The molecule has 0 spiro atoms. The highest BCUT2D eigenvalue weighted by molar-refractivity contribution is 9.11. The number of carboxylic acids is 1. The number of rotatable bonds is 1. The number of hydrogen-bond donors (Lipinski definition) is 1. The number of carboxylic acid groups (broad SMARTS) is 1. The molecule has 0 aromatic carbocycles. The highest BCUT2D eigenvalue weighted by Gasteiger charge is 2.26. The zero-order valence-electron chi connectivity index (χ0n) is 9.32. The number of nitrogens with zero attached hydrogens (tertiary/aromatic N) is 2. The van der Waals surface area contributed by atoms with Crippen LogP contribution < -0.4 is 0 Å². The summed E-state index contributed by atoms with van der Waals surface area (Å²) < 4.78 is 6.01. The molecule has 0 saturated carbocycles. The summed E-state index contributed by atoms with van der Waals surface area (Å²) in [6.45, 7) is 5.11. The van der Waals surface area contributed by atoms with E-state index in [4.69, 9.17) is 9.84 Å². The van der Waals surface area contributed by atoms with E-state index in [-0.39, 0.29) is 14.8 Å². The maximum absolute atomic E-state index is 11.7. The van der Waals surface area contributed by atoms with Crippen LogP contribution in [0.2, 0.25) is 0 Å². The molecule has 94 valence electrons. The molecule has 1 heterocycles. The Morgan fingerprint density at radius 1 is 1.35 bits per heavy atom. The van der Waals surface area contributed by atoms with E-state index in [1.165, 1.54) is 0 Å². The minimum atomic E-state index is -1.20. The fourth-order valence-corrected chi connectivity index (χ4v) is 2.34. The Balaban J connectivity index is 3.13. The zero-order valence-corrected chi connectivity index (χ0v) is 12.5. The first-order valence-corrected chi connectivity index (χ1v) is 6.12. The van der Waals surface area contributed by atoms with Gasteiger partial charge in [-0.2, -0.15) is 9.78 Å². The molecule has 0 aliphatic heterocycles. The average molecular weight is 370 g/mol. The van der Waals surface area contributed by atoms with Crippen molar-refractivity contribution in [3.05, 3.63) is 14.8 Å². The van der Waals surface area contributed by atoms with E-state index in [1.54, 1.807) is 20.8 Å². The summed E-state index contributed by atoms with van der Waals surface area (Å²) in [5, 5.41) is 12.7. The van der Waals surface area contributed by atoms with Gasteiger partial charge in [0.2, 0.25) is 0 Å². The molecule has 1 aromatic rings. The largest absolute Gasteiger partial charge is 0.477 e. The maximum Gasteiger partial charge on any atom is 0.436 e. The van der Waals surface area contributed by atoms with Crippen LogP contribution in [0.5, 0.6) is 0 Å². The van der Waals surface area contributed by atoms with Gasteiger partial charge < -0.3 is 9.84 Å². The first-order chi connectivity index (χ1) is 7.63. The van der Waals surface area contributed by atoms with Crippen molar-refractivity contribution in [2.75, 3.05) is 0 Å². The molecular weight excluding hydrogens is 360 g/mol. The maximum atomic E-state index is 11.7. The van der Waals surface area contributed by atoms with Gasteiger partial charge >= 0.3 is 12.1 Å². The van der Waals surface area contributed by atoms with Crippen molar-refractivity contribution in [3.63, 3.8) is 0 Å². The summed E-state index contributed by atoms with van der Waals surface area (Å²) in [4.78, 5) is 22.6. The van der Waals surface area contributed by atoms with Crippen LogP contribution in [-0.2, 0) is 4.74 Å². The lowest BCUT2D eigenvalue weighted by molar-refractivity contribution is 0.0510. The van der Waals surface area contributed by atoms with Crippen LogP contribution in [0, 0.1) is 0 Å². The Labute approximate surface area is 114 Å². The van der Waals surface area contributed by atoms with Gasteiger partial charge in [0.15, 0.2) is 0 Å². The van der Waals surface area contributed by atoms with Crippen LogP contribution in [0.4, 0.5) is 4.79 Å². The Morgan fingerprint density at radius 2 is 1.88 bits per heavy atom. The van der Waals surface area contributed by atoms with Crippen LogP contribution in [-0.4, -0.2) is 32.6 Å². The molecule has 0 saturated heterocycles. The first kappa shape index (κ1) is 14.2. The van der Waals surface area contributed by atoms with Crippen molar-refractivity contribution in [2.24, 2.45) is 0 Å². The van der Waals surface area contributed by atoms with Crippen LogP contribution >= 0.6 is 31.9 Å². The lowest BCUT2D eigenvalue weighted by atomic mass is 10.2. The lowest BCUT2D eigenvalue weighted by Crippen LogP contribution is -2.28. The highest BCUT2D eigenvalue weighted by Crippen LogP contribution is 2.25. The van der Waals surface area contributed by atoms with Gasteiger partial charge in [-0.15, -0.1) is 0 Å². The van der Waals surface area contributed by atoms with Gasteiger partial charge in [0.25, 0.3) is 0 Å². The second kappa shape index (κ2) is 4.77. The number of hydrogen-bond acceptors (Lipinski definition) is 4. The summed E-state index contributed by atoms with van der Waals surface area (Å²) >= 11 is 5.97. The molecule has 0 unspecified atom stereocenters. The summed E-state index contributed by atoms with van der Waals surface area (Å²) in [5.74, 6) is -1.20. The van der Waals surface area contributed by atoms with Gasteiger partial charge in [-0.3, -0.25) is 0 Å². The standard InChI is InChI=1S/C9H10Br2N2O4/c1-9(2,3)17-8(16)13-6(11)4(7(14)15)5(10)12-13/h1-3H3,(H,14,15). The number of halogens is 2. The Morgan fingerprint density at radius 3 is 2.24 bits per heavy atom. The average Bonchev–Trinajstić information content (AvgIpc) is 2.38. The van der Waals surface area contributed by atoms with Crippen LogP contribution in [0.3, 0.4) is 0 Å². The fraction of sp³-hybridized carbons (Fsp3) is 0.444.